The molecule has 3 aromatic carbocycles. The topological polar surface area (TPSA) is 173 Å². The van der Waals surface area contributed by atoms with Crippen LogP contribution >= 0.6 is 0 Å². The molecule has 9 heteroatoms. The number of carbonyl (C=O) groups is 3. The Morgan fingerprint density at radius 2 is 0.545 bits per heavy atom. The first kappa shape index (κ1) is 33.1. The lowest BCUT2D eigenvalue weighted by Crippen LogP contribution is -1.78. The molecule has 0 bridgehead atoms. The Balaban J connectivity index is -0.000000335. The van der Waals surface area contributed by atoms with Crippen molar-refractivity contribution in [3.05, 3.63) is 91.0 Å². The van der Waals surface area contributed by atoms with E-state index in [0.717, 1.165) is 20.8 Å². The second-order valence-electron chi connectivity index (χ2n) is 5.56. The predicted octanol–water partition coefficient (Wildman–Crippen LogP) is 4.45. The minimum absolute atomic E-state index is 0.322. The highest BCUT2D eigenvalue weighted by Crippen LogP contribution is 2.04. The van der Waals surface area contributed by atoms with Crippen molar-refractivity contribution in [2.24, 2.45) is 0 Å². The Hall–Kier alpha value is -4.53. The summed E-state index contributed by atoms with van der Waals surface area (Å²) in [7, 11) is 0. The zero-order valence-electron chi connectivity index (χ0n) is 18.6. The van der Waals surface area contributed by atoms with Gasteiger partial charge in [0.2, 0.25) is 0 Å². The smallest absolute Gasteiger partial charge is 0.300 e. The van der Waals surface area contributed by atoms with Gasteiger partial charge in [0.1, 0.15) is 17.2 Å². The van der Waals surface area contributed by atoms with Crippen molar-refractivity contribution in [3.63, 3.8) is 0 Å². The van der Waals surface area contributed by atoms with Gasteiger partial charge in [-0.25, -0.2) is 0 Å². The van der Waals surface area contributed by atoms with Gasteiger partial charge in [0.15, 0.2) is 0 Å². The molecule has 3 aromatic rings. The normalized spacial score (nSPS) is 7.73. The van der Waals surface area contributed by atoms with Crippen LogP contribution in [-0.4, -0.2) is 48.5 Å². The Morgan fingerprint density at radius 3 is 0.606 bits per heavy atom. The summed E-state index contributed by atoms with van der Waals surface area (Å²) in [5, 5.41) is 48.1. The van der Waals surface area contributed by atoms with E-state index in [4.69, 9.17) is 45.0 Å². The van der Waals surface area contributed by atoms with Gasteiger partial charge in [-0.3, -0.25) is 14.4 Å². The zero-order valence-corrected chi connectivity index (χ0v) is 18.6. The van der Waals surface area contributed by atoms with Gasteiger partial charge in [-0.15, -0.1) is 0 Å². The number of phenols is 3. The number of aliphatic carboxylic acids is 3. The molecule has 0 aliphatic carbocycles. The van der Waals surface area contributed by atoms with Crippen molar-refractivity contribution in [1.29, 1.82) is 0 Å². The molecule has 0 fully saturated rings. The molecule has 6 N–H and O–H groups in total. The molecule has 0 aromatic heterocycles. The van der Waals surface area contributed by atoms with Crippen molar-refractivity contribution >= 4 is 17.9 Å². The van der Waals surface area contributed by atoms with Crippen LogP contribution in [0.15, 0.2) is 91.0 Å². The van der Waals surface area contributed by atoms with Crippen LogP contribution in [0.2, 0.25) is 0 Å². The lowest BCUT2D eigenvalue weighted by Gasteiger charge is -1.82. The number of benzene rings is 3. The number of hydrogen-bond donors (Lipinski definition) is 6. The fourth-order valence-corrected chi connectivity index (χ4v) is 1.28. The molecule has 0 aliphatic rings. The molecule has 33 heavy (non-hydrogen) atoms. The van der Waals surface area contributed by atoms with E-state index in [9.17, 15) is 0 Å². The van der Waals surface area contributed by atoms with E-state index in [-0.39, 0.29) is 0 Å². The van der Waals surface area contributed by atoms with Crippen molar-refractivity contribution < 1.29 is 45.0 Å². The van der Waals surface area contributed by atoms with Crippen molar-refractivity contribution in [2.75, 3.05) is 0 Å². The molecule has 0 amide bonds. The van der Waals surface area contributed by atoms with Gasteiger partial charge in [-0.1, -0.05) is 54.6 Å². The largest absolute Gasteiger partial charge is 0.508 e. The molecule has 9 nitrogen and oxygen atoms in total. The second-order valence-corrected chi connectivity index (χ2v) is 5.56. The van der Waals surface area contributed by atoms with Gasteiger partial charge in [0.05, 0.1) is 0 Å². The summed E-state index contributed by atoms with van der Waals surface area (Å²) >= 11 is 0. The summed E-state index contributed by atoms with van der Waals surface area (Å²) in [6.45, 7) is 3.25. The monoisotopic (exact) mass is 462 g/mol. The lowest BCUT2D eigenvalue weighted by atomic mass is 10.3. The molecule has 0 radical (unpaired) electrons. The van der Waals surface area contributed by atoms with Gasteiger partial charge < -0.3 is 30.6 Å². The van der Waals surface area contributed by atoms with Crippen LogP contribution in [0.1, 0.15) is 20.8 Å². The summed E-state index contributed by atoms with van der Waals surface area (Å²) in [6.07, 6.45) is 0. The fraction of sp³-hybridized carbons (Fsp3) is 0.125. The standard InChI is InChI=1S/3C6H6O.3C2H4O2/c3*7-6-4-2-1-3-5-6;3*1-2(3)4/h3*1-5,7H;3*1H3,(H,3,4). The minimum Gasteiger partial charge on any atom is -0.508 e. The molecule has 0 atom stereocenters. The molecule has 180 valence electrons. The van der Waals surface area contributed by atoms with Crippen LogP contribution in [0.25, 0.3) is 0 Å². The first-order chi connectivity index (χ1) is 15.4. The van der Waals surface area contributed by atoms with Crippen LogP contribution in [-0.2, 0) is 14.4 Å². The van der Waals surface area contributed by atoms with Crippen LogP contribution in [0.4, 0.5) is 0 Å². The molecule has 0 unspecified atom stereocenters. The van der Waals surface area contributed by atoms with Gasteiger partial charge in [-0.05, 0) is 36.4 Å². The van der Waals surface area contributed by atoms with Crippen molar-refractivity contribution in [1.82, 2.24) is 0 Å². The highest BCUT2D eigenvalue weighted by atomic mass is 16.4. The molecular formula is C24H30O9. The fourth-order valence-electron chi connectivity index (χ4n) is 1.28. The summed E-state index contributed by atoms with van der Waals surface area (Å²) < 4.78 is 0. The maximum Gasteiger partial charge on any atom is 0.300 e. The van der Waals surface area contributed by atoms with Crippen molar-refractivity contribution in [3.8, 4) is 17.2 Å². The third kappa shape index (κ3) is 47.0. The van der Waals surface area contributed by atoms with E-state index in [1.807, 2.05) is 18.2 Å². The number of rotatable bonds is 0. The average molecular weight is 462 g/mol. The highest BCUT2D eigenvalue weighted by molar-refractivity contribution is 5.63. The molecule has 0 aliphatic heterocycles. The average Bonchev–Trinajstić information content (AvgIpc) is 2.69. The van der Waals surface area contributed by atoms with Gasteiger partial charge >= 0.3 is 0 Å². The van der Waals surface area contributed by atoms with Crippen LogP contribution in [0.3, 0.4) is 0 Å². The number of hydrogen-bond acceptors (Lipinski definition) is 6. The van der Waals surface area contributed by atoms with E-state index in [2.05, 4.69) is 0 Å². The van der Waals surface area contributed by atoms with E-state index < -0.39 is 17.9 Å². The predicted molar refractivity (Wildman–Crippen MR) is 124 cm³/mol. The molecular weight excluding hydrogens is 432 g/mol. The number of para-hydroxylation sites is 3. The summed E-state index contributed by atoms with van der Waals surface area (Å²) in [6, 6.07) is 26.1. The van der Waals surface area contributed by atoms with E-state index >= 15 is 0 Å². The summed E-state index contributed by atoms with van der Waals surface area (Å²) in [5.41, 5.74) is 0. The Bertz CT molecular complexity index is 723. The third-order valence-electron chi connectivity index (χ3n) is 2.27. The maximum absolute atomic E-state index is 9.00. The summed E-state index contributed by atoms with van der Waals surface area (Å²) in [5.74, 6) is -1.53. The molecule has 0 heterocycles. The van der Waals surface area contributed by atoms with Gasteiger partial charge in [0, 0.05) is 20.8 Å². The number of phenolic OH excluding ortho intramolecular Hbond substituents is 3. The third-order valence-corrected chi connectivity index (χ3v) is 2.27. The molecule has 0 spiro atoms. The first-order valence-electron chi connectivity index (χ1n) is 9.19. The molecule has 3 rings (SSSR count). The van der Waals surface area contributed by atoms with E-state index in [1.54, 1.807) is 72.8 Å². The summed E-state index contributed by atoms with van der Waals surface area (Å²) in [4.78, 5) is 27.0. The van der Waals surface area contributed by atoms with Gasteiger partial charge in [-0.2, -0.15) is 0 Å². The molecule has 0 saturated heterocycles. The zero-order chi connectivity index (χ0) is 26.1. The van der Waals surface area contributed by atoms with E-state index in [0.29, 0.717) is 17.2 Å². The number of aromatic hydroxyl groups is 3. The Morgan fingerprint density at radius 1 is 0.424 bits per heavy atom. The van der Waals surface area contributed by atoms with Crippen LogP contribution < -0.4 is 0 Å². The number of carboxylic acid groups (broad SMARTS) is 3. The molecule has 0 saturated carbocycles. The lowest BCUT2D eigenvalue weighted by molar-refractivity contribution is -0.135. The van der Waals surface area contributed by atoms with Crippen molar-refractivity contribution in [2.45, 2.75) is 20.8 Å². The van der Waals surface area contributed by atoms with Gasteiger partial charge in [0.25, 0.3) is 17.9 Å². The maximum atomic E-state index is 9.00. The quantitative estimate of drug-likeness (QED) is 0.282. The van der Waals surface area contributed by atoms with Crippen LogP contribution in [0, 0.1) is 0 Å². The Labute approximate surface area is 192 Å². The SMILES string of the molecule is CC(=O)O.CC(=O)O.CC(=O)O.Oc1ccccc1.Oc1ccccc1.Oc1ccccc1. The minimum atomic E-state index is -0.833. The Kier molecular flexibility index (Phi) is 23.8. The number of carboxylic acids is 3. The first-order valence-corrected chi connectivity index (χ1v) is 9.19. The van der Waals surface area contributed by atoms with Crippen LogP contribution in [0.5, 0.6) is 17.2 Å². The second kappa shape index (κ2) is 23.7. The highest BCUT2D eigenvalue weighted by Gasteiger charge is 1.76. The van der Waals surface area contributed by atoms with E-state index in [1.165, 1.54) is 0 Å².